The number of ether oxygens (including phenoxy) is 2. The van der Waals surface area contributed by atoms with Crippen LogP contribution in [-0.2, 0) is 32.0 Å². The molecule has 0 radical (unpaired) electrons. The second-order valence-corrected chi connectivity index (χ2v) is 14.5. The van der Waals surface area contributed by atoms with Gasteiger partial charge in [-0.1, -0.05) is 62.0 Å². The molecular formula is C46H53N5O6. The highest BCUT2D eigenvalue weighted by Crippen LogP contribution is 2.29. The van der Waals surface area contributed by atoms with Crippen molar-refractivity contribution in [2.45, 2.75) is 71.3 Å². The summed E-state index contributed by atoms with van der Waals surface area (Å²) in [4.78, 5) is 57.5. The number of Topliss-reactive ketones (excluding diaryl/α,β-unsaturated/α-hetero) is 2. The van der Waals surface area contributed by atoms with E-state index in [-0.39, 0.29) is 36.8 Å². The minimum atomic E-state index is -0.664. The molecule has 0 N–H and O–H groups in total. The largest absolute Gasteiger partial charge is 0.462 e. The molecule has 57 heavy (non-hydrogen) atoms. The molecule has 5 aromatic rings. The second kappa shape index (κ2) is 19.8. The van der Waals surface area contributed by atoms with Gasteiger partial charge in [-0.25, -0.2) is 4.79 Å². The van der Waals surface area contributed by atoms with Crippen LogP contribution < -0.4 is 9.64 Å². The summed E-state index contributed by atoms with van der Waals surface area (Å²) < 4.78 is 11.0. The van der Waals surface area contributed by atoms with Crippen LogP contribution in [0, 0.1) is 0 Å². The summed E-state index contributed by atoms with van der Waals surface area (Å²) in [6.45, 7) is 10.9. The molecule has 5 rings (SSSR count). The minimum absolute atomic E-state index is 0.0261. The normalized spacial score (nSPS) is 12.2. The first kappa shape index (κ1) is 42.2. The fourth-order valence-electron chi connectivity index (χ4n) is 6.86. The summed E-state index contributed by atoms with van der Waals surface area (Å²) in [5.41, 5.74) is 5.04. The van der Waals surface area contributed by atoms with Crippen molar-refractivity contribution in [2.75, 3.05) is 38.7 Å². The van der Waals surface area contributed by atoms with Crippen LogP contribution >= 0.6 is 0 Å². The summed E-state index contributed by atoms with van der Waals surface area (Å²) >= 11 is 0. The summed E-state index contributed by atoms with van der Waals surface area (Å²) in [6, 6.07) is 30.5. The molecule has 11 nitrogen and oxygen atoms in total. The maximum absolute atomic E-state index is 14.0. The Morgan fingerprint density at radius 1 is 0.807 bits per heavy atom. The molecule has 11 heteroatoms. The Bertz CT molecular complexity index is 2150. The van der Waals surface area contributed by atoms with Crippen LogP contribution in [-0.4, -0.2) is 82.7 Å². The summed E-state index contributed by atoms with van der Waals surface area (Å²) in [5, 5.41) is 9.12. The average molecular weight is 772 g/mol. The van der Waals surface area contributed by atoms with E-state index in [9.17, 15) is 19.2 Å². The molecule has 0 aliphatic heterocycles. The number of ketones is 2. The van der Waals surface area contributed by atoms with E-state index in [1.807, 2.05) is 85.7 Å². The van der Waals surface area contributed by atoms with E-state index >= 15 is 0 Å². The Hall–Kier alpha value is -5.94. The molecule has 0 fully saturated rings. The number of nitrogens with zero attached hydrogens (tertiary/aromatic N) is 5. The lowest BCUT2D eigenvalue weighted by Gasteiger charge is -2.38. The fourth-order valence-corrected chi connectivity index (χ4v) is 6.86. The number of fused-ring (bicyclic) bond motifs is 1. The second-order valence-electron chi connectivity index (χ2n) is 14.5. The minimum Gasteiger partial charge on any atom is -0.462 e. The van der Waals surface area contributed by atoms with Crippen molar-refractivity contribution in [1.29, 1.82) is 0 Å². The highest BCUT2D eigenvalue weighted by molar-refractivity contribution is 6.03. The SMILES string of the molecule is C=C(C)C(=O)OCCc1ccc(OC(=O)CCC(=O)CCCN(CC)c2ccc(C(=O)C(CC)(Cc3ccccc3)N(C)C)cc2)c(-n2nc3ccccc3n2)c1. The van der Waals surface area contributed by atoms with E-state index in [2.05, 4.69) is 47.7 Å². The van der Waals surface area contributed by atoms with Gasteiger partial charge in [-0.3, -0.25) is 19.3 Å². The predicted octanol–water partition coefficient (Wildman–Crippen LogP) is 7.78. The van der Waals surface area contributed by atoms with E-state index in [1.54, 1.807) is 25.1 Å². The molecule has 0 aliphatic carbocycles. The van der Waals surface area contributed by atoms with Crippen molar-refractivity contribution in [1.82, 2.24) is 19.9 Å². The van der Waals surface area contributed by atoms with Crippen molar-refractivity contribution in [2.24, 2.45) is 0 Å². The maximum atomic E-state index is 14.0. The van der Waals surface area contributed by atoms with Crippen LogP contribution in [0.1, 0.15) is 74.4 Å². The summed E-state index contributed by atoms with van der Waals surface area (Å²) in [7, 11) is 3.93. The molecule has 1 atom stereocenters. The van der Waals surface area contributed by atoms with Crippen molar-refractivity contribution in [3.63, 3.8) is 0 Å². The molecule has 4 aromatic carbocycles. The fraction of sp³-hybridized carbons (Fsp3) is 0.348. The topological polar surface area (TPSA) is 124 Å². The third kappa shape index (κ3) is 10.9. The van der Waals surface area contributed by atoms with Crippen molar-refractivity contribution in [3.8, 4) is 11.4 Å². The number of carbonyl (C=O) groups excluding carboxylic acids is 4. The van der Waals surface area contributed by atoms with Gasteiger partial charge < -0.3 is 14.4 Å². The number of anilines is 1. The van der Waals surface area contributed by atoms with Crippen LogP contribution in [0.5, 0.6) is 5.75 Å². The highest BCUT2D eigenvalue weighted by atomic mass is 16.5. The van der Waals surface area contributed by atoms with Gasteiger partial charge in [0.05, 0.1) is 18.6 Å². The highest BCUT2D eigenvalue weighted by Gasteiger charge is 2.39. The number of aromatic nitrogens is 3. The van der Waals surface area contributed by atoms with Crippen LogP contribution in [0.4, 0.5) is 5.69 Å². The lowest BCUT2D eigenvalue weighted by molar-refractivity contribution is -0.139. The van der Waals surface area contributed by atoms with E-state index in [0.29, 0.717) is 66.5 Å². The van der Waals surface area contributed by atoms with Gasteiger partial charge in [0.15, 0.2) is 11.5 Å². The van der Waals surface area contributed by atoms with Crippen molar-refractivity contribution in [3.05, 3.63) is 126 Å². The first-order chi connectivity index (χ1) is 27.4. The first-order valence-electron chi connectivity index (χ1n) is 19.6. The Balaban J connectivity index is 1.15. The zero-order chi connectivity index (χ0) is 41.0. The van der Waals surface area contributed by atoms with Gasteiger partial charge >= 0.3 is 11.9 Å². The van der Waals surface area contributed by atoms with Crippen LogP contribution in [0.3, 0.4) is 0 Å². The van der Waals surface area contributed by atoms with Gasteiger partial charge in [0.2, 0.25) is 0 Å². The Labute approximate surface area is 335 Å². The molecule has 1 heterocycles. The molecule has 0 aliphatic rings. The number of benzene rings is 4. The Morgan fingerprint density at radius 3 is 2.09 bits per heavy atom. The zero-order valence-electron chi connectivity index (χ0n) is 33.7. The number of likely N-dealkylation sites (N-methyl/N-ethyl adjacent to an activating group) is 1. The van der Waals surface area contributed by atoms with E-state index in [0.717, 1.165) is 23.4 Å². The summed E-state index contributed by atoms with van der Waals surface area (Å²) in [6.07, 6.45) is 2.63. The molecule has 1 aromatic heterocycles. The number of rotatable bonds is 21. The third-order valence-electron chi connectivity index (χ3n) is 10.3. The zero-order valence-corrected chi connectivity index (χ0v) is 33.7. The quantitative estimate of drug-likeness (QED) is 0.0316. The molecular weight excluding hydrogens is 719 g/mol. The third-order valence-corrected chi connectivity index (χ3v) is 10.3. The number of hydrogen-bond acceptors (Lipinski definition) is 10. The molecule has 0 saturated heterocycles. The van der Waals surface area contributed by atoms with Gasteiger partial charge in [-0.2, -0.15) is 0 Å². The Kier molecular flexibility index (Phi) is 14.6. The smallest absolute Gasteiger partial charge is 0.333 e. The molecule has 0 amide bonds. The van der Waals surface area contributed by atoms with Crippen molar-refractivity contribution >= 4 is 40.2 Å². The van der Waals surface area contributed by atoms with Gasteiger partial charge in [0.1, 0.15) is 22.5 Å². The molecule has 298 valence electrons. The lowest BCUT2D eigenvalue weighted by Crippen LogP contribution is -2.52. The number of esters is 2. The Morgan fingerprint density at radius 2 is 1.47 bits per heavy atom. The van der Waals surface area contributed by atoms with Crippen LogP contribution in [0.25, 0.3) is 16.7 Å². The van der Waals surface area contributed by atoms with Gasteiger partial charge in [0, 0.05) is 49.2 Å². The lowest BCUT2D eigenvalue weighted by atomic mass is 9.80. The van der Waals surface area contributed by atoms with Gasteiger partial charge in [-0.15, -0.1) is 15.0 Å². The van der Waals surface area contributed by atoms with E-state index < -0.39 is 17.5 Å². The monoisotopic (exact) mass is 771 g/mol. The van der Waals surface area contributed by atoms with E-state index in [4.69, 9.17) is 9.47 Å². The van der Waals surface area contributed by atoms with Gasteiger partial charge in [-0.05, 0) is 107 Å². The molecule has 0 spiro atoms. The maximum Gasteiger partial charge on any atom is 0.333 e. The average Bonchev–Trinajstić information content (AvgIpc) is 3.66. The van der Waals surface area contributed by atoms with E-state index in [1.165, 1.54) is 4.80 Å². The van der Waals surface area contributed by atoms with Crippen molar-refractivity contribution < 1.29 is 28.7 Å². The van der Waals surface area contributed by atoms with Gasteiger partial charge in [0.25, 0.3) is 0 Å². The standard InChI is InChI=1S/C46H53N5O6/c1-7-46(49(5)6,32-35-15-10-9-11-16-35)44(54)36-21-23-37(24-22-36)50(8-2)29-14-17-38(52)25-27-43(53)57-42-26-20-34(28-30-56-45(55)33(3)4)31-41(42)51-47-39-18-12-13-19-40(39)48-51/h9-13,15-16,18-24,26,31H,3,7-8,14,17,25,27-30,32H2,1-2,4-6H3. The number of carbonyl (C=O) groups is 4. The van der Waals surface area contributed by atoms with Crippen LogP contribution in [0.2, 0.25) is 0 Å². The molecule has 1 unspecified atom stereocenters. The van der Waals surface area contributed by atoms with Crippen LogP contribution in [0.15, 0.2) is 109 Å². The molecule has 0 saturated carbocycles. The molecule has 0 bridgehead atoms. The first-order valence-corrected chi connectivity index (χ1v) is 19.6. The summed E-state index contributed by atoms with van der Waals surface area (Å²) in [5.74, 6) is -0.687. The number of hydrogen-bond donors (Lipinski definition) is 0. The predicted molar refractivity (Wildman–Crippen MR) is 223 cm³/mol.